The minimum atomic E-state index is -5.49. The van der Waals surface area contributed by atoms with E-state index in [2.05, 4.69) is 15.9 Å². The summed E-state index contributed by atoms with van der Waals surface area (Å²) >= 11 is 3.06. The monoisotopic (exact) mass is 446 g/mol. The molecular weight excluding hydrogens is 428 g/mol. The second-order valence-corrected chi connectivity index (χ2v) is 8.98. The Kier molecular flexibility index (Phi) is 6.44. The van der Waals surface area contributed by atoms with Crippen LogP contribution in [0.5, 0.6) is 0 Å². The van der Waals surface area contributed by atoms with Crippen molar-refractivity contribution in [3.05, 3.63) is 23.8 Å². The number of hydrogen-bond acceptors (Lipinski definition) is 5. The highest BCUT2D eigenvalue weighted by molar-refractivity contribution is 9.08. The number of sulfone groups is 1. The van der Waals surface area contributed by atoms with E-state index in [0.29, 0.717) is 0 Å². The topological polar surface area (TPSA) is 83.8 Å². The largest absolute Gasteiger partial charge is 0.501 e. The van der Waals surface area contributed by atoms with Crippen LogP contribution in [0.3, 0.4) is 0 Å². The standard InChI is InChI=1S/C14H19BBrF3O5S/c1-12(2,20)13(3,4)24-15(21)11-6-5-10(7-9(11)8-16)25(22,23)14(17,18)19/h5-7,20-21H,8H2,1-4H3. The van der Waals surface area contributed by atoms with E-state index in [9.17, 15) is 31.7 Å². The molecular formula is C14H19BBrF3O5S. The Morgan fingerprint density at radius 1 is 1.20 bits per heavy atom. The Morgan fingerprint density at radius 2 is 1.72 bits per heavy atom. The van der Waals surface area contributed by atoms with Crippen molar-refractivity contribution in [1.82, 2.24) is 0 Å². The van der Waals surface area contributed by atoms with Gasteiger partial charge in [-0.1, -0.05) is 22.0 Å². The van der Waals surface area contributed by atoms with Gasteiger partial charge >= 0.3 is 12.6 Å². The molecule has 0 atom stereocenters. The first-order chi connectivity index (χ1) is 11.0. The molecule has 5 nitrogen and oxygen atoms in total. The highest BCUT2D eigenvalue weighted by atomic mass is 79.9. The summed E-state index contributed by atoms with van der Waals surface area (Å²) in [6.45, 7) is 6.02. The molecule has 1 aromatic carbocycles. The lowest BCUT2D eigenvalue weighted by molar-refractivity contribution is -0.0982. The van der Waals surface area contributed by atoms with Gasteiger partial charge < -0.3 is 14.8 Å². The molecule has 0 aliphatic rings. The summed E-state index contributed by atoms with van der Waals surface area (Å²) in [6, 6.07) is 2.64. The second kappa shape index (κ2) is 7.18. The molecule has 0 fully saturated rings. The lowest BCUT2D eigenvalue weighted by Crippen LogP contribution is -2.53. The van der Waals surface area contributed by atoms with Crippen LogP contribution in [0.2, 0.25) is 0 Å². The first-order valence-corrected chi connectivity index (χ1v) is 9.73. The fraction of sp³-hybridized carbons (Fsp3) is 0.571. The van der Waals surface area contributed by atoms with Crippen LogP contribution in [0.4, 0.5) is 13.2 Å². The van der Waals surface area contributed by atoms with Crippen molar-refractivity contribution in [3.8, 4) is 0 Å². The number of aliphatic hydroxyl groups is 1. The third-order valence-corrected chi connectivity index (χ3v) is 6.11. The highest BCUT2D eigenvalue weighted by Crippen LogP contribution is 2.31. The minimum absolute atomic E-state index is 0.00703. The van der Waals surface area contributed by atoms with Crippen LogP contribution in [0.25, 0.3) is 0 Å². The molecule has 0 spiro atoms. The van der Waals surface area contributed by atoms with Gasteiger partial charge in [-0.15, -0.1) is 0 Å². The fourth-order valence-electron chi connectivity index (χ4n) is 1.73. The number of alkyl halides is 4. The number of hydrogen-bond donors (Lipinski definition) is 2. The smallest absolute Gasteiger partial charge is 0.423 e. The van der Waals surface area contributed by atoms with Gasteiger partial charge in [-0.3, -0.25) is 0 Å². The Labute approximate surface area is 153 Å². The quantitative estimate of drug-likeness (QED) is 0.516. The van der Waals surface area contributed by atoms with Crippen molar-refractivity contribution in [2.24, 2.45) is 0 Å². The normalized spacial score (nSPS) is 13.8. The summed E-state index contributed by atoms with van der Waals surface area (Å²) < 4.78 is 66.4. The predicted molar refractivity (Wildman–Crippen MR) is 91.4 cm³/mol. The van der Waals surface area contributed by atoms with E-state index in [1.54, 1.807) is 0 Å². The second-order valence-electron chi connectivity index (χ2n) is 6.48. The van der Waals surface area contributed by atoms with Crippen LogP contribution < -0.4 is 5.46 Å². The van der Waals surface area contributed by atoms with Crippen LogP contribution in [0.15, 0.2) is 23.1 Å². The molecule has 1 rings (SSSR count). The van der Waals surface area contributed by atoms with Gasteiger partial charge in [0, 0.05) is 5.33 Å². The molecule has 0 saturated heterocycles. The van der Waals surface area contributed by atoms with E-state index >= 15 is 0 Å². The summed E-state index contributed by atoms with van der Waals surface area (Å²) in [6.07, 6.45) is 0. The van der Waals surface area contributed by atoms with Crippen LogP contribution in [0, 0.1) is 0 Å². The van der Waals surface area contributed by atoms with E-state index in [1.165, 1.54) is 27.7 Å². The van der Waals surface area contributed by atoms with Crippen molar-refractivity contribution in [1.29, 1.82) is 0 Å². The molecule has 0 radical (unpaired) electrons. The molecule has 0 bridgehead atoms. The zero-order chi connectivity index (χ0) is 19.8. The van der Waals surface area contributed by atoms with Crippen molar-refractivity contribution in [2.75, 3.05) is 0 Å². The SMILES string of the molecule is CC(C)(O)C(C)(C)OB(O)c1ccc(S(=O)(=O)C(F)(F)F)cc1CBr. The predicted octanol–water partition coefficient (Wildman–Crippen LogP) is 2.13. The zero-order valence-electron chi connectivity index (χ0n) is 14.1. The first kappa shape index (κ1) is 22.4. The highest BCUT2D eigenvalue weighted by Gasteiger charge is 2.47. The Bertz CT molecular complexity index is 729. The van der Waals surface area contributed by atoms with Crippen LogP contribution in [-0.4, -0.2) is 42.4 Å². The maximum atomic E-state index is 12.7. The molecule has 0 aromatic heterocycles. The lowest BCUT2D eigenvalue weighted by atomic mass is 9.74. The van der Waals surface area contributed by atoms with E-state index in [4.69, 9.17) is 4.65 Å². The molecule has 0 heterocycles. The van der Waals surface area contributed by atoms with Gasteiger partial charge in [0.25, 0.3) is 9.84 Å². The van der Waals surface area contributed by atoms with E-state index in [-0.39, 0.29) is 16.4 Å². The molecule has 0 unspecified atom stereocenters. The summed E-state index contributed by atoms with van der Waals surface area (Å²) in [7, 11) is -7.07. The number of benzene rings is 1. The van der Waals surface area contributed by atoms with Gasteiger partial charge in [-0.25, -0.2) is 8.42 Å². The van der Waals surface area contributed by atoms with E-state index in [0.717, 1.165) is 18.2 Å². The van der Waals surface area contributed by atoms with Crippen molar-refractivity contribution < 1.29 is 36.4 Å². The Balaban J connectivity index is 3.28. The Morgan fingerprint density at radius 3 is 2.12 bits per heavy atom. The maximum Gasteiger partial charge on any atom is 0.501 e. The summed E-state index contributed by atoms with van der Waals surface area (Å²) in [5.74, 6) is 0. The van der Waals surface area contributed by atoms with Gasteiger partial charge in [-0.2, -0.15) is 13.2 Å². The third kappa shape index (κ3) is 4.76. The van der Waals surface area contributed by atoms with Crippen LogP contribution in [0.1, 0.15) is 33.3 Å². The van der Waals surface area contributed by atoms with Gasteiger partial charge in [0.15, 0.2) is 0 Å². The number of halogens is 4. The Hall–Kier alpha value is -0.615. The average molecular weight is 447 g/mol. The molecule has 0 saturated carbocycles. The number of rotatable bonds is 6. The zero-order valence-corrected chi connectivity index (χ0v) is 16.5. The molecule has 25 heavy (non-hydrogen) atoms. The van der Waals surface area contributed by atoms with Gasteiger partial charge in [0.2, 0.25) is 0 Å². The summed E-state index contributed by atoms with van der Waals surface area (Å²) in [5.41, 5.74) is -7.72. The first-order valence-electron chi connectivity index (χ1n) is 7.13. The van der Waals surface area contributed by atoms with Crippen molar-refractivity contribution in [2.45, 2.75) is 54.6 Å². The van der Waals surface area contributed by atoms with E-state index < -0.39 is 38.6 Å². The van der Waals surface area contributed by atoms with E-state index in [1.807, 2.05) is 0 Å². The maximum absolute atomic E-state index is 12.7. The lowest BCUT2D eigenvalue weighted by Gasteiger charge is -2.38. The molecule has 0 aliphatic heterocycles. The molecule has 11 heteroatoms. The molecule has 2 N–H and O–H groups in total. The minimum Gasteiger partial charge on any atom is -0.423 e. The van der Waals surface area contributed by atoms with Crippen molar-refractivity contribution >= 4 is 38.3 Å². The van der Waals surface area contributed by atoms with Crippen molar-refractivity contribution in [3.63, 3.8) is 0 Å². The third-order valence-electron chi connectivity index (χ3n) is 4.02. The van der Waals surface area contributed by atoms with Crippen LogP contribution >= 0.6 is 15.9 Å². The van der Waals surface area contributed by atoms with Crippen LogP contribution in [-0.2, 0) is 19.8 Å². The summed E-state index contributed by atoms with van der Waals surface area (Å²) in [5, 5.41) is 20.3. The average Bonchev–Trinajstić information content (AvgIpc) is 2.43. The van der Waals surface area contributed by atoms with Gasteiger partial charge in [0.05, 0.1) is 16.1 Å². The fourth-order valence-corrected chi connectivity index (χ4v) is 3.02. The molecule has 0 aliphatic carbocycles. The van der Waals surface area contributed by atoms with Gasteiger partial charge in [0.1, 0.15) is 0 Å². The molecule has 0 amide bonds. The van der Waals surface area contributed by atoms with Gasteiger partial charge in [-0.05, 0) is 50.9 Å². The summed E-state index contributed by atoms with van der Waals surface area (Å²) in [4.78, 5) is -0.924. The molecule has 1 aromatic rings. The molecule has 142 valence electrons.